The molecule has 26 heavy (non-hydrogen) atoms. The van der Waals surface area contributed by atoms with Gasteiger partial charge < -0.3 is 23.9 Å². The molecule has 0 N–H and O–H groups in total. The number of fused-ring (bicyclic) bond motifs is 2. The molecule has 7 heteroatoms. The molecule has 0 aliphatic carbocycles. The van der Waals surface area contributed by atoms with Gasteiger partial charge in [-0.15, -0.1) is 0 Å². The number of unbranched alkanes of at least 4 members (excludes halogenated alkanes) is 5. The second kappa shape index (κ2) is 9.44. The summed E-state index contributed by atoms with van der Waals surface area (Å²) in [7, 11) is 0. The average Bonchev–Trinajstić information content (AvgIpc) is 3.05. The van der Waals surface area contributed by atoms with Crippen molar-refractivity contribution in [3.63, 3.8) is 0 Å². The van der Waals surface area contributed by atoms with Crippen LogP contribution in [0, 0.1) is 0 Å². The number of carbonyl (C=O) groups is 1. The van der Waals surface area contributed by atoms with Crippen molar-refractivity contribution >= 4 is 16.9 Å². The summed E-state index contributed by atoms with van der Waals surface area (Å²) in [5.41, 5.74) is -0.211. The summed E-state index contributed by atoms with van der Waals surface area (Å²) in [6.07, 6.45) is 8.18. The number of ether oxygens (including phenoxy) is 2. The normalized spacial score (nSPS) is 12.2. The van der Waals surface area contributed by atoms with Crippen molar-refractivity contribution in [3.8, 4) is 11.5 Å². The third-order valence-electron chi connectivity index (χ3n) is 4.55. The Kier molecular flexibility index (Phi) is 7.55. The van der Waals surface area contributed by atoms with Crippen molar-refractivity contribution in [3.05, 3.63) is 34.1 Å². The molecular weight excluding hydrogens is 345 g/mol. The van der Waals surface area contributed by atoms with Gasteiger partial charge in [0.2, 0.25) is 6.79 Å². The number of nitrogens with zero attached hydrogens (tertiary/aromatic N) is 1. The van der Waals surface area contributed by atoms with E-state index in [-0.39, 0.29) is 41.9 Å². The Morgan fingerprint density at radius 3 is 2.46 bits per heavy atom. The van der Waals surface area contributed by atoms with Crippen molar-refractivity contribution in [1.82, 2.24) is 4.57 Å². The van der Waals surface area contributed by atoms with Gasteiger partial charge in [-0.25, -0.2) is 0 Å². The molecular formula is C19H22NNaO5. The molecule has 0 atom stereocenters. The molecule has 0 amide bonds. The van der Waals surface area contributed by atoms with Gasteiger partial charge in [-0.1, -0.05) is 39.0 Å². The largest absolute Gasteiger partial charge is 1.00 e. The average molecular weight is 367 g/mol. The molecule has 6 nitrogen and oxygen atoms in total. The van der Waals surface area contributed by atoms with E-state index in [1.807, 2.05) is 4.57 Å². The molecule has 0 bridgehead atoms. The number of carboxylic acid groups (broad SMARTS) is 1. The van der Waals surface area contributed by atoms with Crippen LogP contribution >= 0.6 is 0 Å². The fraction of sp³-hybridized carbons (Fsp3) is 0.474. The number of hydrogen-bond donors (Lipinski definition) is 0. The van der Waals surface area contributed by atoms with Crippen LogP contribution in [-0.2, 0) is 6.54 Å². The molecule has 0 saturated heterocycles. The van der Waals surface area contributed by atoms with Crippen molar-refractivity contribution in [2.75, 3.05) is 6.79 Å². The van der Waals surface area contributed by atoms with E-state index in [2.05, 4.69) is 6.92 Å². The molecule has 1 aromatic carbocycles. The van der Waals surface area contributed by atoms with Gasteiger partial charge in [0.15, 0.2) is 16.9 Å². The van der Waals surface area contributed by atoms with E-state index in [0.717, 1.165) is 19.3 Å². The van der Waals surface area contributed by atoms with E-state index in [9.17, 15) is 14.7 Å². The third kappa shape index (κ3) is 4.42. The number of carboxylic acids is 1. The molecule has 0 radical (unpaired) electrons. The Bertz CT molecular complexity index is 846. The van der Waals surface area contributed by atoms with Crippen LogP contribution in [-0.4, -0.2) is 17.3 Å². The fourth-order valence-electron chi connectivity index (χ4n) is 3.17. The van der Waals surface area contributed by atoms with Crippen molar-refractivity contribution in [2.24, 2.45) is 0 Å². The monoisotopic (exact) mass is 367 g/mol. The number of aryl methyl sites for hydroxylation is 1. The van der Waals surface area contributed by atoms with Crippen molar-refractivity contribution < 1.29 is 48.9 Å². The second-order valence-electron chi connectivity index (χ2n) is 6.34. The summed E-state index contributed by atoms with van der Waals surface area (Å²) in [4.78, 5) is 23.8. The predicted molar refractivity (Wildman–Crippen MR) is 92.0 cm³/mol. The van der Waals surface area contributed by atoms with Gasteiger partial charge >= 0.3 is 29.6 Å². The number of carbonyl (C=O) groups excluding carboxylic acids is 1. The van der Waals surface area contributed by atoms with Crippen molar-refractivity contribution in [2.45, 2.75) is 52.0 Å². The molecule has 0 spiro atoms. The van der Waals surface area contributed by atoms with Crippen LogP contribution in [0.25, 0.3) is 10.9 Å². The van der Waals surface area contributed by atoms with E-state index < -0.39 is 11.4 Å². The first kappa shape index (κ1) is 20.8. The zero-order valence-electron chi connectivity index (χ0n) is 15.4. The van der Waals surface area contributed by atoms with Gasteiger partial charge in [-0.3, -0.25) is 4.79 Å². The first-order valence-corrected chi connectivity index (χ1v) is 8.80. The third-order valence-corrected chi connectivity index (χ3v) is 4.55. The number of rotatable bonds is 8. The Labute approximate surface area is 174 Å². The minimum Gasteiger partial charge on any atom is -0.545 e. The minimum absolute atomic E-state index is 0. The van der Waals surface area contributed by atoms with Crippen LogP contribution in [0.2, 0.25) is 0 Å². The van der Waals surface area contributed by atoms with Gasteiger partial charge in [0.05, 0.1) is 22.4 Å². The van der Waals surface area contributed by atoms with Crippen LogP contribution < -0.4 is 49.6 Å². The van der Waals surface area contributed by atoms with Gasteiger partial charge in [0.1, 0.15) is 0 Å². The second-order valence-corrected chi connectivity index (χ2v) is 6.34. The van der Waals surface area contributed by atoms with Gasteiger partial charge in [0, 0.05) is 18.8 Å². The molecule has 0 saturated carbocycles. The van der Waals surface area contributed by atoms with Gasteiger partial charge in [0.25, 0.3) is 0 Å². The predicted octanol–water partition coefficient (Wildman–Crippen LogP) is -0.542. The van der Waals surface area contributed by atoms with Gasteiger partial charge in [-0.05, 0) is 12.5 Å². The zero-order chi connectivity index (χ0) is 17.8. The van der Waals surface area contributed by atoms with E-state index in [1.54, 1.807) is 12.1 Å². The maximum absolute atomic E-state index is 12.4. The Morgan fingerprint density at radius 1 is 1.12 bits per heavy atom. The number of aromatic nitrogens is 1. The first-order chi connectivity index (χ1) is 12.1. The molecule has 2 aromatic rings. The fourth-order valence-corrected chi connectivity index (χ4v) is 3.17. The Morgan fingerprint density at radius 2 is 1.77 bits per heavy atom. The summed E-state index contributed by atoms with van der Waals surface area (Å²) in [6, 6.07) is 3.30. The molecule has 0 fully saturated rings. The summed E-state index contributed by atoms with van der Waals surface area (Å²) in [6.45, 7) is 2.92. The van der Waals surface area contributed by atoms with Crippen LogP contribution in [0.15, 0.2) is 23.1 Å². The standard InChI is InChI=1S/C19H23NO5.Na/c1-2-3-4-5-6-7-8-20-11-14(19(22)23)18(21)13-9-16-17(10-15(13)20)25-12-24-16;/h9-11H,2-8,12H2,1H3,(H,22,23);/q;+1/p-1. The Balaban J connectivity index is 0.00000243. The number of pyridine rings is 1. The topological polar surface area (TPSA) is 80.6 Å². The van der Waals surface area contributed by atoms with Crippen LogP contribution in [0.1, 0.15) is 55.8 Å². The van der Waals surface area contributed by atoms with Crippen LogP contribution in [0.3, 0.4) is 0 Å². The summed E-state index contributed by atoms with van der Waals surface area (Å²) >= 11 is 0. The smallest absolute Gasteiger partial charge is 0.545 e. The molecule has 2 heterocycles. The molecule has 1 aliphatic rings. The minimum atomic E-state index is -1.46. The zero-order valence-corrected chi connectivity index (χ0v) is 17.4. The van der Waals surface area contributed by atoms with E-state index in [1.165, 1.54) is 25.5 Å². The van der Waals surface area contributed by atoms with Crippen LogP contribution in [0.5, 0.6) is 11.5 Å². The summed E-state index contributed by atoms with van der Waals surface area (Å²) < 4.78 is 12.5. The molecule has 0 unspecified atom stereocenters. The summed E-state index contributed by atoms with van der Waals surface area (Å²) in [5, 5.41) is 11.6. The summed E-state index contributed by atoms with van der Waals surface area (Å²) in [5.74, 6) is -0.419. The van der Waals surface area contributed by atoms with Crippen molar-refractivity contribution in [1.29, 1.82) is 0 Å². The first-order valence-electron chi connectivity index (χ1n) is 8.80. The number of benzene rings is 1. The maximum atomic E-state index is 12.4. The maximum Gasteiger partial charge on any atom is 1.00 e. The van der Waals surface area contributed by atoms with Crippen LogP contribution in [0.4, 0.5) is 0 Å². The number of aromatic carboxylic acids is 1. The Hall–Kier alpha value is -1.50. The quantitative estimate of drug-likeness (QED) is 0.462. The molecule has 3 rings (SSSR count). The van der Waals surface area contributed by atoms with E-state index in [0.29, 0.717) is 28.9 Å². The van der Waals surface area contributed by atoms with Gasteiger partial charge in [-0.2, -0.15) is 0 Å². The van der Waals surface area contributed by atoms with E-state index in [4.69, 9.17) is 9.47 Å². The SMILES string of the molecule is CCCCCCCCn1cc(C(=O)[O-])c(=O)c2cc3c(cc21)OCO3.[Na+]. The molecule has 1 aromatic heterocycles. The molecule has 134 valence electrons. The number of hydrogen-bond acceptors (Lipinski definition) is 5. The molecule has 1 aliphatic heterocycles. The van der Waals surface area contributed by atoms with E-state index >= 15 is 0 Å².